The summed E-state index contributed by atoms with van der Waals surface area (Å²) in [5.41, 5.74) is 3.06. The van der Waals surface area contributed by atoms with Crippen molar-refractivity contribution < 1.29 is 15.0 Å². The average Bonchev–Trinajstić information content (AvgIpc) is 2.41. The van der Waals surface area contributed by atoms with Crippen molar-refractivity contribution in [2.75, 3.05) is 0 Å². The fraction of sp³-hybridized carbons (Fsp3) is 0. The number of carbonyl (C=O) groups excluding carboxylic acids is 1. The molecule has 0 saturated heterocycles. The van der Waals surface area contributed by atoms with Crippen molar-refractivity contribution in [1.29, 1.82) is 0 Å². The molecule has 0 heterocycles. The lowest BCUT2D eigenvalue weighted by molar-refractivity contribution is 0.0952. The first-order valence-electron chi connectivity index (χ1n) is 5.67. The Morgan fingerprint density at radius 2 is 2.00 bits per heavy atom. The average molecular weight is 335 g/mol. The number of hydrogen-bond acceptors (Lipinski definition) is 4. The largest absolute Gasteiger partial charge is 0.508 e. The second-order valence-electron chi connectivity index (χ2n) is 3.96. The molecule has 0 fully saturated rings. The topological polar surface area (TPSA) is 81.9 Å². The van der Waals surface area contributed by atoms with Crippen molar-refractivity contribution in [1.82, 2.24) is 5.43 Å². The maximum absolute atomic E-state index is 11.8. The van der Waals surface area contributed by atoms with Gasteiger partial charge in [-0.2, -0.15) is 5.10 Å². The maximum Gasteiger partial charge on any atom is 0.275 e. The molecule has 0 aromatic heterocycles. The van der Waals surface area contributed by atoms with Crippen LogP contribution in [0.25, 0.3) is 0 Å². The summed E-state index contributed by atoms with van der Waals surface area (Å²) >= 11 is 3.22. The van der Waals surface area contributed by atoms with Crippen molar-refractivity contribution in [3.05, 3.63) is 58.1 Å². The molecule has 0 aliphatic rings. The lowest BCUT2D eigenvalue weighted by Crippen LogP contribution is -2.17. The molecule has 1 amide bonds. The standard InChI is InChI=1S/C14H11BrN2O3/c15-10-4-5-13(19)12(7-10)14(20)17-16-8-9-2-1-3-11(18)6-9/h1-8,18-19H,(H,17,20). The normalized spacial score (nSPS) is 10.7. The molecule has 0 aliphatic carbocycles. The number of phenolic OH excluding ortho intramolecular Hbond substituents is 2. The number of benzene rings is 2. The number of carbonyl (C=O) groups is 1. The van der Waals surface area contributed by atoms with Gasteiger partial charge in [-0.3, -0.25) is 4.79 Å². The van der Waals surface area contributed by atoms with E-state index in [-0.39, 0.29) is 17.1 Å². The van der Waals surface area contributed by atoms with Gasteiger partial charge in [0, 0.05) is 4.47 Å². The van der Waals surface area contributed by atoms with E-state index >= 15 is 0 Å². The third kappa shape index (κ3) is 3.58. The van der Waals surface area contributed by atoms with Gasteiger partial charge in [0.15, 0.2) is 0 Å². The van der Waals surface area contributed by atoms with E-state index in [4.69, 9.17) is 0 Å². The minimum Gasteiger partial charge on any atom is -0.508 e. The number of amides is 1. The summed E-state index contributed by atoms with van der Waals surface area (Å²) in [6.45, 7) is 0. The zero-order chi connectivity index (χ0) is 14.5. The molecule has 102 valence electrons. The van der Waals surface area contributed by atoms with Gasteiger partial charge >= 0.3 is 0 Å². The molecule has 5 nitrogen and oxygen atoms in total. The third-order valence-electron chi connectivity index (χ3n) is 2.45. The minimum atomic E-state index is -0.528. The van der Waals surface area contributed by atoms with Crippen LogP contribution in [0.2, 0.25) is 0 Å². The number of nitrogens with zero attached hydrogens (tertiary/aromatic N) is 1. The molecular formula is C14H11BrN2O3. The van der Waals surface area contributed by atoms with Crippen LogP contribution in [0.5, 0.6) is 11.5 Å². The quantitative estimate of drug-likeness (QED) is 0.596. The zero-order valence-corrected chi connectivity index (χ0v) is 11.8. The summed E-state index contributed by atoms with van der Waals surface area (Å²) in [6, 6.07) is 11.0. The van der Waals surface area contributed by atoms with Crippen molar-refractivity contribution in [3.8, 4) is 11.5 Å². The highest BCUT2D eigenvalue weighted by molar-refractivity contribution is 9.10. The number of phenols is 2. The van der Waals surface area contributed by atoms with Gasteiger partial charge in [-0.25, -0.2) is 5.43 Å². The van der Waals surface area contributed by atoms with Gasteiger partial charge in [0.1, 0.15) is 11.5 Å². The molecule has 0 unspecified atom stereocenters. The van der Waals surface area contributed by atoms with Crippen LogP contribution in [0, 0.1) is 0 Å². The molecule has 3 N–H and O–H groups in total. The van der Waals surface area contributed by atoms with Gasteiger partial charge in [-0.15, -0.1) is 0 Å². The lowest BCUT2D eigenvalue weighted by Gasteiger charge is -2.03. The number of nitrogens with one attached hydrogen (secondary N) is 1. The summed E-state index contributed by atoms with van der Waals surface area (Å²) in [7, 11) is 0. The predicted molar refractivity (Wildman–Crippen MR) is 79.0 cm³/mol. The van der Waals surface area contributed by atoms with Gasteiger partial charge in [0.25, 0.3) is 5.91 Å². The van der Waals surface area contributed by atoms with Gasteiger partial charge < -0.3 is 10.2 Å². The molecule has 0 bridgehead atoms. The second kappa shape index (κ2) is 6.21. The third-order valence-corrected chi connectivity index (χ3v) is 2.95. The summed E-state index contributed by atoms with van der Waals surface area (Å²) in [4.78, 5) is 11.8. The van der Waals surface area contributed by atoms with Crippen LogP contribution >= 0.6 is 15.9 Å². The summed E-state index contributed by atoms with van der Waals surface area (Å²) in [5.74, 6) is -0.539. The van der Waals surface area contributed by atoms with E-state index in [1.807, 2.05) is 0 Å². The molecule has 0 radical (unpaired) electrons. The summed E-state index contributed by atoms with van der Waals surface area (Å²) < 4.78 is 0.678. The Morgan fingerprint density at radius 3 is 2.75 bits per heavy atom. The Kier molecular flexibility index (Phi) is 4.37. The van der Waals surface area contributed by atoms with Crippen molar-refractivity contribution in [3.63, 3.8) is 0 Å². The number of hydrazone groups is 1. The van der Waals surface area contributed by atoms with Crippen LogP contribution in [-0.2, 0) is 0 Å². The number of hydrogen-bond donors (Lipinski definition) is 3. The van der Waals surface area contributed by atoms with Crippen molar-refractivity contribution in [2.45, 2.75) is 0 Å². The van der Waals surface area contributed by atoms with Gasteiger partial charge in [-0.05, 0) is 35.9 Å². The van der Waals surface area contributed by atoms with Crippen LogP contribution < -0.4 is 5.43 Å². The number of aromatic hydroxyl groups is 2. The van der Waals surface area contributed by atoms with E-state index < -0.39 is 5.91 Å². The molecule has 6 heteroatoms. The lowest BCUT2D eigenvalue weighted by atomic mass is 10.2. The summed E-state index contributed by atoms with van der Waals surface area (Å²) in [5, 5.41) is 22.6. The molecule has 20 heavy (non-hydrogen) atoms. The second-order valence-corrected chi connectivity index (χ2v) is 4.87. The monoisotopic (exact) mass is 334 g/mol. The highest BCUT2D eigenvalue weighted by Gasteiger charge is 2.10. The molecular weight excluding hydrogens is 324 g/mol. The van der Waals surface area contributed by atoms with E-state index in [0.717, 1.165) is 0 Å². The fourth-order valence-electron chi connectivity index (χ4n) is 1.52. The first kappa shape index (κ1) is 14.1. The summed E-state index contributed by atoms with van der Waals surface area (Å²) in [6.07, 6.45) is 1.40. The molecule has 0 aliphatic heterocycles. The Bertz CT molecular complexity index is 671. The smallest absolute Gasteiger partial charge is 0.275 e. The van der Waals surface area contributed by atoms with E-state index in [0.29, 0.717) is 10.0 Å². The molecule has 2 rings (SSSR count). The molecule has 0 atom stereocenters. The van der Waals surface area contributed by atoms with Crippen LogP contribution in [0.4, 0.5) is 0 Å². The molecule has 0 saturated carbocycles. The zero-order valence-electron chi connectivity index (χ0n) is 10.2. The SMILES string of the molecule is O=C(NN=Cc1cccc(O)c1)c1cc(Br)ccc1O. The first-order valence-corrected chi connectivity index (χ1v) is 6.46. The van der Waals surface area contributed by atoms with E-state index in [2.05, 4.69) is 26.5 Å². The van der Waals surface area contributed by atoms with Crippen LogP contribution in [0.15, 0.2) is 52.0 Å². The Hall–Kier alpha value is -2.34. The van der Waals surface area contributed by atoms with Gasteiger partial charge in [-0.1, -0.05) is 28.1 Å². The Labute approximate surface area is 123 Å². The number of rotatable bonds is 3. The highest BCUT2D eigenvalue weighted by Crippen LogP contribution is 2.21. The van der Waals surface area contributed by atoms with E-state index in [9.17, 15) is 15.0 Å². The highest BCUT2D eigenvalue weighted by atomic mass is 79.9. The van der Waals surface area contributed by atoms with Crippen LogP contribution in [0.3, 0.4) is 0 Å². The van der Waals surface area contributed by atoms with Crippen LogP contribution in [-0.4, -0.2) is 22.3 Å². The number of halogens is 1. The van der Waals surface area contributed by atoms with E-state index in [1.165, 1.54) is 30.5 Å². The van der Waals surface area contributed by atoms with Crippen molar-refractivity contribution in [2.24, 2.45) is 5.10 Å². The van der Waals surface area contributed by atoms with Gasteiger partial charge in [0.2, 0.25) is 0 Å². The predicted octanol–water partition coefficient (Wildman–Crippen LogP) is 2.62. The van der Waals surface area contributed by atoms with Gasteiger partial charge in [0.05, 0.1) is 11.8 Å². The molecule has 2 aromatic rings. The maximum atomic E-state index is 11.8. The molecule has 0 spiro atoms. The fourth-order valence-corrected chi connectivity index (χ4v) is 1.88. The minimum absolute atomic E-state index is 0.116. The Balaban J connectivity index is 2.07. The van der Waals surface area contributed by atoms with Crippen LogP contribution in [0.1, 0.15) is 15.9 Å². The van der Waals surface area contributed by atoms with Crippen molar-refractivity contribution >= 4 is 28.1 Å². The Morgan fingerprint density at radius 1 is 1.20 bits per heavy atom. The molecule has 2 aromatic carbocycles. The van der Waals surface area contributed by atoms with E-state index in [1.54, 1.807) is 18.2 Å². The first-order chi connectivity index (χ1) is 9.56.